The maximum Gasteiger partial charge on any atom is 0.307 e. The third kappa shape index (κ3) is 2.89. The van der Waals surface area contributed by atoms with Gasteiger partial charge >= 0.3 is 5.97 Å². The molecule has 0 unspecified atom stereocenters. The number of rotatable bonds is 4. The second kappa shape index (κ2) is 6.49. The summed E-state index contributed by atoms with van der Waals surface area (Å²) in [6.07, 6.45) is -0.131. The van der Waals surface area contributed by atoms with E-state index in [0.29, 0.717) is 22.0 Å². The molecule has 0 bridgehead atoms. The molecule has 2 aromatic carbocycles. The summed E-state index contributed by atoms with van der Waals surface area (Å²) in [4.78, 5) is 14.8. The van der Waals surface area contributed by atoms with Crippen LogP contribution in [0.3, 0.4) is 0 Å². The number of benzene rings is 2. The molecule has 0 aliphatic heterocycles. The van der Waals surface area contributed by atoms with Gasteiger partial charge in [0.15, 0.2) is 0 Å². The molecule has 3 rings (SSSR count). The third-order valence-electron chi connectivity index (χ3n) is 3.98. The van der Waals surface area contributed by atoms with Crippen LogP contribution in [0.25, 0.3) is 22.2 Å². The van der Waals surface area contributed by atoms with Crippen LogP contribution in [0, 0.1) is 6.92 Å². The van der Waals surface area contributed by atoms with E-state index in [2.05, 4.69) is 20.9 Å². The average Bonchev–Trinajstić information content (AvgIpc) is 2.91. The van der Waals surface area contributed by atoms with Gasteiger partial charge in [-0.2, -0.15) is 0 Å². The molecule has 0 amide bonds. The first-order valence-corrected chi connectivity index (χ1v) is 8.44. The first-order chi connectivity index (χ1) is 11.4. The molecule has 0 aliphatic carbocycles. The molecule has 0 spiro atoms. The Labute approximate surface area is 152 Å². The minimum absolute atomic E-state index is 0.131. The van der Waals surface area contributed by atoms with Crippen LogP contribution >= 0.6 is 27.5 Å². The molecule has 0 atom stereocenters. The van der Waals surface area contributed by atoms with Crippen LogP contribution in [0.1, 0.15) is 11.1 Å². The van der Waals surface area contributed by atoms with Gasteiger partial charge in [-0.05, 0) is 42.3 Å². The summed E-state index contributed by atoms with van der Waals surface area (Å²) in [6, 6.07) is 9.32. The van der Waals surface area contributed by atoms with Crippen molar-refractivity contribution in [3.8, 4) is 17.0 Å². The summed E-state index contributed by atoms with van der Waals surface area (Å²) in [5.74, 6) is -0.256. The molecule has 24 heavy (non-hydrogen) atoms. The van der Waals surface area contributed by atoms with Gasteiger partial charge in [-0.15, -0.1) is 0 Å². The number of aromatic amines is 1. The quantitative estimate of drug-likeness (QED) is 0.624. The highest BCUT2D eigenvalue weighted by Crippen LogP contribution is 2.40. The van der Waals surface area contributed by atoms with Crippen molar-refractivity contribution in [3.05, 3.63) is 51.0 Å². The number of nitrogens with one attached hydrogen (secondary N) is 1. The fourth-order valence-corrected chi connectivity index (χ4v) is 3.53. The number of fused-ring (bicyclic) bond motifs is 1. The minimum atomic E-state index is -0.913. The number of aliphatic carboxylic acids is 1. The molecule has 0 fully saturated rings. The molecule has 6 heteroatoms. The van der Waals surface area contributed by atoms with Crippen molar-refractivity contribution in [1.29, 1.82) is 0 Å². The summed E-state index contributed by atoms with van der Waals surface area (Å²) >= 11 is 9.83. The number of hydrogen-bond donors (Lipinski definition) is 2. The Bertz CT molecular complexity index is 949. The Morgan fingerprint density at radius 1 is 1.33 bits per heavy atom. The van der Waals surface area contributed by atoms with Crippen molar-refractivity contribution in [2.75, 3.05) is 7.11 Å². The molecule has 0 aliphatic rings. The van der Waals surface area contributed by atoms with Crippen molar-refractivity contribution in [2.24, 2.45) is 0 Å². The van der Waals surface area contributed by atoms with Gasteiger partial charge in [-0.1, -0.05) is 33.6 Å². The zero-order chi connectivity index (χ0) is 17.4. The van der Waals surface area contributed by atoms with Crippen molar-refractivity contribution in [1.82, 2.24) is 4.98 Å². The Morgan fingerprint density at radius 2 is 2.08 bits per heavy atom. The Balaban J connectivity index is 2.40. The largest absolute Gasteiger partial charge is 0.496 e. The predicted molar refractivity (Wildman–Crippen MR) is 99.1 cm³/mol. The monoisotopic (exact) mass is 407 g/mol. The molecule has 1 heterocycles. The van der Waals surface area contributed by atoms with Gasteiger partial charge in [0.2, 0.25) is 0 Å². The van der Waals surface area contributed by atoms with E-state index in [1.807, 2.05) is 31.2 Å². The summed E-state index contributed by atoms with van der Waals surface area (Å²) in [5.41, 5.74) is 4.00. The molecular weight excluding hydrogens is 394 g/mol. The van der Waals surface area contributed by atoms with Crippen molar-refractivity contribution in [2.45, 2.75) is 13.3 Å². The highest BCUT2D eigenvalue weighted by molar-refractivity contribution is 9.10. The Kier molecular flexibility index (Phi) is 4.56. The molecular formula is C18H15BrClNO3. The topological polar surface area (TPSA) is 62.3 Å². The smallest absolute Gasteiger partial charge is 0.307 e. The second-order valence-corrected chi connectivity index (χ2v) is 6.83. The lowest BCUT2D eigenvalue weighted by molar-refractivity contribution is -0.136. The van der Waals surface area contributed by atoms with Crippen molar-refractivity contribution >= 4 is 44.4 Å². The molecule has 0 saturated carbocycles. The van der Waals surface area contributed by atoms with E-state index in [9.17, 15) is 9.90 Å². The number of ether oxygens (including phenoxy) is 1. The number of methoxy groups -OCH3 is 1. The van der Waals surface area contributed by atoms with E-state index in [-0.39, 0.29) is 6.42 Å². The highest BCUT2D eigenvalue weighted by atomic mass is 79.9. The molecule has 2 N–H and O–H groups in total. The van der Waals surface area contributed by atoms with E-state index >= 15 is 0 Å². The van der Waals surface area contributed by atoms with Crippen LogP contribution in [0.15, 0.2) is 34.8 Å². The number of carboxylic acids is 1. The second-order valence-electron chi connectivity index (χ2n) is 5.51. The summed E-state index contributed by atoms with van der Waals surface area (Å²) in [5, 5.41) is 10.6. The Hall–Kier alpha value is -1.98. The lowest BCUT2D eigenvalue weighted by Crippen LogP contribution is -2.01. The van der Waals surface area contributed by atoms with Gasteiger partial charge in [0.1, 0.15) is 5.75 Å². The van der Waals surface area contributed by atoms with Gasteiger partial charge < -0.3 is 14.8 Å². The van der Waals surface area contributed by atoms with Crippen molar-refractivity contribution in [3.63, 3.8) is 0 Å². The van der Waals surface area contributed by atoms with Crippen LogP contribution in [-0.2, 0) is 11.2 Å². The van der Waals surface area contributed by atoms with Gasteiger partial charge in [-0.3, -0.25) is 4.79 Å². The molecule has 1 aromatic heterocycles. The lowest BCUT2D eigenvalue weighted by atomic mass is 10.0. The van der Waals surface area contributed by atoms with Gasteiger partial charge in [-0.25, -0.2) is 0 Å². The van der Waals surface area contributed by atoms with E-state index in [4.69, 9.17) is 16.3 Å². The lowest BCUT2D eigenvalue weighted by Gasteiger charge is -2.10. The minimum Gasteiger partial charge on any atom is -0.496 e. The van der Waals surface area contributed by atoms with Gasteiger partial charge in [0, 0.05) is 15.4 Å². The van der Waals surface area contributed by atoms with Crippen LogP contribution in [0.4, 0.5) is 0 Å². The van der Waals surface area contributed by atoms with E-state index in [1.165, 1.54) is 0 Å². The fraction of sp³-hybridized carbons (Fsp3) is 0.167. The number of hydrogen-bond acceptors (Lipinski definition) is 2. The molecule has 0 saturated heterocycles. The number of carbonyl (C=O) groups is 1. The van der Waals surface area contributed by atoms with E-state index in [1.54, 1.807) is 13.2 Å². The molecule has 0 radical (unpaired) electrons. The maximum atomic E-state index is 11.4. The average molecular weight is 409 g/mol. The van der Waals surface area contributed by atoms with Crippen LogP contribution < -0.4 is 4.74 Å². The first-order valence-electron chi connectivity index (χ1n) is 7.27. The number of aryl methyl sites for hydroxylation is 1. The third-order valence-corrected chi connectivity index (χ3v) is 4.78. The first kappa shape index (κ1) is 16.9. The highest BCUT2D eigenvalue weighted by Gasteiger charge is 2.21. The van der Waals surface area contributed by atoms with Crippen LogP contribution in [-0.4, -0.2) is 23.2 Å². The number of halogens is 2. The zero-order valence-electron chi connectivity index (χ0n) is 13.1. The molecule has 4 nitrogen and oxygen atoms in total. The number of carboxylic acid groups (broad SMARTS) is 1. The Morgan fingerprint density at radius 3 is 2.75 bits per heavy atom. The summed E-state index contributed by atoms with van der Waals surface area (Å²) in [6.45, 7) is 1.96. The van der Waals surface area contributed by atoms with Crippen LogP contribution in [0.2, 0.25) is 5.02 Å². The van der Waals surface area contributed by atoms with Crippen LogP contribution in [0.5, 0.6) is 5.75 Å². The summed E-state index contributed by atoms with van der Waals surface area (Å²) in [7, 11) is 1.59. The van der Waals surface area contributed by atoms with E-state index < -0.39 is 5.97 Å². The summed E-state index contributed by atoms with van der Waals surface area (Å²) < 4.78 is 6.33. The number of aromatic nitrogens is 1. The maximum absolute atomic E-state index is 11.4. The SMILES string of the molecule is COc1ccc(Br)cc1-c1[nH]c2c(C)ccc(Cl)c2c1CC(=O)O. The molecule has 124 valence electrons. The van der Waals surface area contributed by atoms with Crippen molar-refractivity contribution < 1.29 is 14.6 Å². The fourth-order valence-electron chi connectivity index (χ4n) is 2.90. The number of H-pyrrole nitrogens is 1. The normalized spacial score (nSPS) is 11.0. The standard InChI is InChI=1S/C18H15BrClNO3/c1-9-3-5-13(20)16-12(8-15(22)23)18(21-17(9)16)11-7-10(19)4-6-14(11)24-2/h3-7,21H,8H2,1-2H3,(H,22,23). The molecule has 3 aromatic rings. The predicted octanol–water partition coefficient (Wildman–Crippen LogP) is 5.19. The van der Waals surface area contributed by atoms with E-state index in [0.717, 1.165) is 26.5 Å². The van der Waals surface area contributed by atoms with Gasteiger partial charge in [0.05, 0.1) is 29.8 Å². The van der Waals surface area contributed by atoms with Gasteiger partial charge in [0.25, 0.3) is 0 Å². The zero-order valence-corrected chi connectivity index (χ0v) is 15.5.